The van der Waals surface area contributed by atoms with Crippen molar-refractivity contribution >= 4 is 33.9 Å². The molecule has 0 radical (unpaired) electrons. The third-order valence-electron chi connectivity index (χ3n) is 5.55. The minimum absolute atomic E-state index is 0.0897. The van der Waals surface area contributed by atoms with E-state index < -0.39 is 11.8 Å². The number of ether oxygens (including phenoxy) is 1. The zero-order chi connectivity index (χ0) is 22.8. The lowest BCUT2D eigenvalue weighted by atomic mass is 10.1. The van der Waals surface area contributed by atoms with Gasteiger partial charge in [0, 0.05) is 19.2 Å². The summed E-state index contributed by atoms with van der Waals surface area (Å²) in [6.45, 7) is 3.46. The minimum Gasteiger partial charge on any atom is -0.377 e. The predicted molar refractivity (Wildman–Crippen MR) is 121 cm³/mol. The van der Waals surface area contributed by atoms with Crippen LogP contribution in [-0.4, -0.2) is 56.2 Å². The number of carbonyl (C=O) groups excluding carboxylic acids is 2. The van der Waals surface area contributed by atoms with Gasteiger partial charge in [0.25, 0.3) is 11.8 Å². The maximum absolute atomic E-state index is 12.3. The van der Waals surface area contributed by atoms with E-state index in [2.05, 4.69) is 21.5 Å². The number of aromatic nitrogens is 4. The quantitative estimate of drug-likeness (QED) is 0.288. The number of hydrogen-bond acceptors (Lipinski definition) is 7. The first-order chi connectivity index (χ1) is 16.2. The molecule has 3 aromatic heterocycles. The van der Waals surface area contributed by atoms with Crippen LogP contribution in [0.2, 0.25) is 0 Å². The zero-order valence-corrected chi connectivity index (χ0v) is 18.2. The van der Waals surface area contributed by atoms with E-state index in [1.54, 1.807) is 36.7 Å². The highest BCUT2D eigenvalue weighted by Crippen LogP contribution is 2.24. The average molecular weight is 445 g/mol. The highest BCUT2D eigenvalue weighted by Gasteiger charge is 2.36. The number of rotatable bonds is 9. The van der Waals surface area contributed by atoms with E-state index in [1.807, 2.05) is 12.1 Å². The summed E-state index contributed by atoms with van der Waals surface area (Å²) in [5.41, 5.74) is 4.13. The number of fused-ring (bicyclic) bond motifs is 4. The molecule has 1 aliphatic rings. The van der Waals surface area contributed by atoms with Crippen molar-refractivity contribution in [3.8, 4) is 0 Å². The van der Waals surface area contributed by atoms with Crippen LogP contribution in [0.1, 0.15) is 39.9 Å². The molecule has 1 aromatic carbocycles. The Kier molecular flexibility index (Phi) is 5.80. The zero-order valence-electron chi connectivity index (χ0n) is 18.2. The van der Waals surface area contributed by atoms with Crippen LogP contribution in [0, 0.1) is 0 Å². The molecule has 4 heterocycles. The number of pyridine rings is 2. The van der Waals surface area contributed by atoms with Crippen LogP contribution in [0.25, 0.3) is 22.1 Å². The Bertz CT molecular complexity index is 1310. The van der Waals surface area contributed by atoms with Crippen LogP contribution in [0.4, 0.5) is 0 Å². The van der Waals surface area contributed by atoms with E-state index in [4.69, 9.17) is 14.6 Å². The van der Waals surface area contributed by atoms with Gasteiger partial charge in [-0.15, -0.1) is 5.06 Å². The molecule has 0 fully saturated rings. The number of carbonyl (C=O) groups is 2. The highest BCUT2D eigenvalue weighted by molar-refractivity contribution is 6.20. The molecule has 33 heavy (non-hydrogen) atoms. The van der Waals surface area contributed by atoms with E-state index in [1.165, 1.54) is 0 Å². The second-order valence-electron chi connectivity index (χ2n) is 7.69. The van der Waals surface area contributed by atoms with Crippen LogP contribution in [0.3, 0.4) is 0 Å². The van der Waals surface area contributed by atoms with Crippen molar-refractivity contribution in [1.82, 2.24) is 24.6 Å². The van der Waals surface area contributed by atoms with Gasteiger partial charge in [0.1, 0.15) is 16.9 Å². The lowest BCUT2D eigenvalue weighted by Crippen LogP contribution is -2.31. The maximum Gasteiger partial charge on any atom is 0.285 e. The summed E-state index contributed by atoms with van der Waals surface area (Å²) in [7, 11) is 0. The molecule has 4 aromatic rings. The summed E-state index contributed by atoms with van der Waals surface area (Å²) in [5.74, 6) is 0.0775. The fraction of sp³-hybridized carbons (Fsp3) is 0.292. The van der Waals surface area contributed by atoms with Gasteiger partial charge in [-0.05, 0) is 30.7 Å². The first-order valence-corrected chi connectivity index (χ1v) is 11.0. The van der Waals surface area contributed by atoms with Crippen LogP contribution >= 0.6 is 0 Å². The number of hydroxylamine groups is 2. The first kappa shape index (κ1) is 21.2. The molecule has 0 saturated heterocycles. The Morgan fingerprint density at radius 1 is 0.909 bits per heavy atom. The summed E-state index contributed by atoms with van der Waals surface area (Å²) < 4.78 is 7.89. The summed E-state index contributed by atoms with van der Waals surface area (Å²) >= 11 is 0. The Hall–Kier alpha value is -3.69. The van der Waals surface area contributed by atoms with Crippen molar-refractivity contribution < 1.29 is 19.2 Å². The van der Waals surface area contributed by atoms with Gasteiger partial charge in [0.05, 0.1) is 48.2 Å². The largest absolute Gasteiger partial charge is 0.377 e. The van der Waals surface area contributed by atoms with Crippen molar-refractivity contribution in [3.63, 3.8) is 0 Å². The second-order valence-corrected chi connectivity index (χ2v) is 7.69. The van der Waals surface area contributed by atoms with Crippen LogP contribution < -0.4 is 0 Å². The summed E-state index contributed by atoms with van der Waals surface area (Å²) in [6.07, 6.45) is 5.35. The standard InChI is InChI=1S/C24H23N5O4/c1-2-6-20-27-19-15-26-18-9-5-10-25-21(18)22(19)28(20)11-12-32-13-14-33-29-23(30)16-7-3-4-8-17(16)24(29)31/h3-5,7-10,15H,2,6,11-14H2,1H3. The SMILES string of the molecule is CCCc1nc2cnc3cccnc3c2n1CCOCCON1C(=O)c2ccccc2C1=O. The lowest BCUT2D eigenvalue weighted by molar-refractivity contribution is -0.106. The molecule has 9 nitrogen and oxygen atoms in total. The van der Waals surface area contributed by atoms with Crippen molar-refractivity contribution in [1.29, 1.82) is 0 Å². The first-order valence-electron chi connectivity index (χ1n) is 11.0. The predicted octanol–water partition coefficient (Wildman–Crippen LogP) is 3.18. The molecule has 0 atom stereocenters. The molecule has 0 N–H and O–H groups in total. The number of nitrogens with zero attached hydrogens (tertiary/aromatic N) is 5. The topological polar surface area (TPSA) is 99.4 Å². The molecule has 1 aliphatic heterocycles. The van der Waals surface area contributed by atoms with Crippen LogP contribution in [0.5, 0.6) is 0 Å². The van der Waals surface area contributed by atoms with E-state index >= 15 is 0 Å². The number of imidazole rings is 1. The van der Waals surface area contributed by atoms with Crippen molar-refractivity contribution in [2.45, 2.75) is 26.3 Å². The molecule has 2 amide bonds. The number of amides is 2. The minimum atomic E-state index is -0.447. The smallest absolute Gasteiger partial charge is 0.285 e. The molecule has 5 rings (SSSR count). The number of hydrogen-bond donors (Lipinski definition) is 0. The maximum atomic E-state index is 12.3. The number of imide groups is 1. The van der Waals surface area contributed by atoms with Crippen molar-refractivity contribution in [2.24, 2.45) is 0 Å². The van der Waals surface area contributed by atoms with Gasteiger partial charge in [0.2, 0.25) is 0 Å². The molecule has 0 bridgehead atoms. The fourth-order valence-corrected chi connectivity index (χ4v) is 4.06. The molecule has 0 aliphatic carbocycles. The third kappa shape index (κ3) is 3.85. The van der Waals surface area contributed by atoms with Gasteiger partial charge in [-0.2, -0.15) is 0 Å². The lowest BCUT2D eigenvalue weighted by Gasteiger charge is -2.14. The van der Waals surface area contributed by atoms with Gasteiger partial charge in [-0.3, -0.25) is 24.4 Å². The molecule has 0 unspecified atom stereocenters. The Labute approximate surface area is 189 Å². The summed E-state index contributed by atoms with van der Waals surface area (Å²) in [6, 6.07) is 10.5. The van der Waals surface area contributed by atoms with E-state index in [0.717, 1.165) is 45.8 Å². The van der Waals surface area contributed by atoms with Gasteiger partial charge in [-0.1, -0.05) is 19.1 Å². The van der Waals surface area contributed by atoms with Gasteiger partial charge < -0.3 is 9.30 Å². The van der Waals surface area contributed by atoms with E-state index in [0.29, 0.717) is 24.3 Å². The number of benzene rings is 1. The fourth-order valence-electron chi connectivity index (χ4n) is 4.06. The summed E-state index contributed by atoms with van der Waals surface area (Å²) in [5, 5.41) is 0.807. The molecule has 0 saturated carbocycles. The monoisotopic (exact) mass is 445 g/mol. The molecule has 168 valence electrons. The second kappa shape index (κ2) is 9.05. The molecular weight excluding hydrogens is 422 g/mol. The van der Waals surface area contributed by atoms with Crippen molar-refractivity contribution in [2.75, 3.05) is 19.8 Å². The van der Waals surface area contributed by atoms with Gasteiger partial charge in [0.15, 0.2) is 0 Å². The summed E-state index contributed by atoms with van der Waals surface area (Å²) in [4.78, 5) is 43.8. The Balaban J connectivity index is 1.21. The average Bonchev–Trinajstić information content (AvgIpc) is 3.31. The van der Waals surface area contributed by atoms with Gasteiger partial charge in [-0.25, -0.2) is 4.98 Å². The number of aryl methyl sites for hydroxylation is 1. The third-order valence-corrected chi connectivity index (χ3v) is 5.55. The van der Waals surface area contributed by atoms with Crippen LogP contribution in [-0.2, 0) is 22.5 Å². The molecular formula is C24H23N5O4. The Morgan fingerprint density at radius 2 is 1.70 bits per heavy atom. The van der Waals surface area contributed by atoms with Crippen LogP contribution in [0.15, 0.2) is 48.8 Å². The highest BCUT2D eigenvalue weighted by atomic mass is 16.7. The van der Waals surface area contributed by atoms with Gasteiger partial charge >= 0.3 is 0 Å². The van der Waals surface area contributed by atoms with E-state index in [9.17, 15) is 9.59 Å². The van der Waals surface area contributed by atoms with E-state index in [-0.39, 0.29) is 13.2 Å². The molecule has 0 spiro atoms. The normalized spacial score (nSPS) is 13.4. The Morgan fingerprint density at radius 3 is 2.45 bits per heavy atom. The van der Waals surface area contributed by atoms with Crippen molar-refractivity contribution in [3.05, 3.63) is 65.7 Å². The molecule has 9 heteroatoms.